The predicted octanol–water partition coefficient (Wildman–Crippen LogP) is 2.21. The zero-order chi connectivity index (χ0) is 15.2. The Hall–Kier alpha value is -2.43. The van der Waals surface area contributed by atoms with E-state index in [1.54, 1.807) is 24.3 Å². The van der Waals surface area contributed by atoms with E-state index in [4.69, 9.17) is 5.11 Å². The van der Waals surface area contributed by atoms with Gasteiger partial charge < -0.3 is 5.11 Å². The van der Waals surface area contributed by atoms with Crippen molar-refractivity contribution in [1.82, 2.24) is 4.90 Å². The van der Waals surface area contributed by atoms with E-state index in [-0.39, 0.29) is 18.4 Å². The van der Waals surface area contributed by atoms with Gasteiger partial charge in [-0.15, -0.1) is 0 Å². The van der Waals surface area contributed by atoms with Gasteiger partial charge in [0, 0.05) is 18.9 Å². The third-order valence-corrected chi connectivity index (χ3v) is 3.37. The second kappa shape index (κ2) is 6.83. The van der Waals surface area contributed by atoms with Crippen LogP contribution in [0.25, 0.3) is 6.08 Å². The highest BCUT2D eigenvalue weighted by atomic mass is 16.4. The lowest BCUT2D eigenvalue weighted by Crippen LogP contribution is -2.34. The number of carbonyl (C=O) groups excluding carboxylic acids is 2. The van der Waals surface area contributed by atoms with Crippen LogP contribution >= 0.6 is 0 Å². The van der Waals surface area contributed by atoms with E-state index in [9.17, 15) is 14.4 Å². The Labute approximate surface area is 122 Å². The van der Waals surface area contributed by atoms with Crippen molar-refractivity contribution in [3.05, 3.63) is 41.5 Å². The van der Waals surface area contributed by atoms with E-state index in [2.05, 4.69) is 0 Å². The lowest BCUT2D eigenvalue weighted by molar-refractivity contribution is -0.144. The molecule has 0 aliphatic carbocycles. The van der Waals surface area contributed by atoms with Crippen molar-refractivity contribution in [1.29, 1.82) is 0 Å². The fourth-order valence-corrected chi connectivity index (χ4v) is 2.22. The van der Waals surface area contributed by atoms with Gasteiger partial charge in [0.2, 0.25) is 11.8 Å². The van der Waals surface area contributed by atoms with Crippen LogP contribution in [0.2, 0.25) is 0 Å². The van der Waals surface area contributed by atoms with Crippen LogP contribution in [0.1, 0.15) is 36.8 Å². The third-order valence-electron chi connectivity index (χ3n) is 3.37. The van der Waals surface area contributed by atoms with Gasteiger partial charge in [0.15, 0.2) is 0 Å². The monoisotopic (exact) mass is 287 g/mol. The van der Waals surface area contributed by atoms with Crippen molar-refractivity contribution in [2.45, 2.75) is 32.2 Å². The van der Waals surface area contributed by atoms with Gasteiger partial charge in [-0.25, -0.2) is 4.79 Å². The lowest BCUT2D eigenvalue weighted by Gasteiger charge is -2.18. The summed E-state index contributed by atoms with van der Waals surface area (Å²) in [4.78, 5) is 35.6. The minimum atomic E-state index is -1.00. The number of hydrogen-bond acceptors (Lipinski definition) is 3. The van der Waals surface area contributed by atoms with Crippen molar-refractivity contribution < 1.29 is 19.5 Å². The molecule has 0 saturated carbocycles. The number of carboxylic acids is 1. The van der Waals surface area contributed by atoms with E-state index in [1.807, 2.05) is 0 Å². The number of benzene rings is 1. The second-order valence-corrected chi connectivity index (χ2v) is 4.99. The molecule has 1 aromatic rings. The Bertz CT molecular complexity index is 556. The van der Waals surface area contributed by atoms with Crippen LogP contribution < -0.4 is 0 Å². The SMILES string of the molecule is O=C(O)C=Cc1ccc(CN2C(=O)CCCCC2=O)cc1. The van der Waals surface area contributed by atoms with Crippen LogP contribution in [0.4, 0.5) is 0 Å². The molecule has 0 atom stereocenters. The Balaban J connectivity index is 2.06. The number of carbonyl (C=O) groups is 3. The summed E-state index contributed by atoms with van der Waals surface area (Å²) in [5, 5.41) is 8.56. The van der Waals surface area contributed by atoms with E-state index in [0.29, 0.717) is 12.8 Å². The smallest absolute Gasteiger partial charge is 0.328 e. The number of hydrogen-bond donors (Lipinski definition) is 1. The molecule has 5 nitrogen and oxygen atoms in total. The standard InChI is InChI=1S/C16H17NO4/c18-14-3-1-2-4-15(19)17(14)11-13-7-5-12(6-8-13)9-10-16(20)21/h5-10H,1-4,11H2,(H,20,21). The molecule has 0 radical (unpaired) electrons. The molecule has 1 aromatic carbocycles. The first kappa shape index (κ1) is 15.0. The van der Waals surface area contributed by atoms with Crippen LogP contribution in [0.15, 0.2) is 30.3 Å². The second-order valence-electron chi connectivity index (χ2n) is 4.99. The van der Waals surface area contributed by atoms with Crippen molar-refractivity contribution in [2.24, 2.45) is 0 Å². The first-order valence-electron chi connectivity index (χ1n) is 6.89. The summed E-state index contributed by atoms with van der Waals surface area (Å²) in [7, 11) is 0. The van der Waals surface area contributed by atoms with Gasteiger partial charge in [0.1, 0.15) is 0 Å². The van der Waals surface area contributed by atoms with E-state index < -0.39 is 5.97 Å². The van der Waals surface area contributed by atoms with Crippen LogP contribution in [-0.4, -0.2) is 27.8 Å². The number of amides is 2. The highest BCUT2D eigenvalue weighted by Crippen LogP contribution is 2.16. The quantitative estimate of drug-likeness (QED) is 0.680. The minimum absolute atomic E-state index is 0.118. The lowest BCUT2D eigenvalue weighted by atomic mass is 10.1. The Morgan fingerprint density at radius 3 is 2.19 bits per heavy atom. The molecule has 1 N–H and O–H groups in total. The van der Waals surface area contributed by atoms with Crippen molar-refractivity contribution in [3.63, 3.8) is 0 Å². The Morgan fingerprint density at radius 1 is 1.10 bits per heavy atom. The maximum Gasteiger partial charge on any atom is 0.328 e. The van der Waals surface area contributed by atoms with Crippen molar-refractivity contribution in [3.8, 4) is 0 Å². The zero-order valence-corrected chi connectivity index (χ0v) is 11.6. The molecule has 0 unspecified atom stereocenters. The largest absolute Gasteiger partial charge is 0.478 e. The highest BCUT2D eigenvalue weighted by Gasteiger charge is 2.23. The van der Waals surface area contributed by atoms with Gasteiger partial charge in [0.25, 0.3) is 0 Å². The molecular weight excluding hydrogens is 270 g/mol. The van der Waals surface area contributed by atoms with Gasteiger partial charge in [-0.05, 0) is 30.0 Å². The van der Waals surface area contributed by atoms with Crippen LogP contribution in [0.5, 0.6) is 0 Å². The summed E-state index contributed by atoms with van der Waals surface area (Å²) < 4.78 is 0. The molecule has 5 heteroatoms. The number of rotatable bonds is 4. The normalized spacial score (nSPS) is 16.3. The van der Waals surface area contributed by atoms with Gasteiger partial charge in [0.05, 0.1) is 6.54 Å². The topological polar surface area (TPSA) is 74.7 Å². The maximum absolute atomic E-state index is 11.9. The molecule has 0 aromatic heterocycles. The Kier molecular flexibility index (Phi) is 4.87. The molecule has 2 amide bonds. The van der Waals surface area contributed by atoms with Crippen molar-refractivity contribution in [2.75, 3.05) is 0 Å². The Morgan fingerprint density at radius 2 is 1.67 bits per heavy atom. The van der Waals surface area contributed by atoms with Crippen LogP contribution in [0.3, 0.4) is 0 Å². The fourth-order valence-electron chi connectivity index (χ4n) is 2.22. The first-order valence-corrected chi connectivity index (χ1v) is 6.89. The third kappa shape index (κ3) is 4.27. The molecule has 110 valence electrons. The summed E-state index contributed by atoms with van der Waals surface area (Å²) in [6.45, 7) is 0.278. The van der Waals surface area contributed by atoms with Gasteiger partial charge in [-0.1, -0.05) is 24.3 Å². The molecule has 0 bridgehead atoms. The number of carboxylic acid groups (broad SMARTS) is 1. The summed E-state index contributed by atoms with van der Waals surface area (Å²) in [6, 6.07) is 7.13. The number of likely N-dealkylation sites (tertiary alicyclic amines) is 1. The zero-order valence-electron chi connectivity index (χ0n) is 11.6. The van der Waals surface area contributed by atoms with Crippen molar-refractivity contribution >= 4 is 23.9 Å². The average Bonchev–Trinajstić information content (AvgIpc) is 2.61. The molecule has 1 fully saturated rings. The molecule has 21 heavy (non-hydrogen) atoms. The molecular formula is C16H17NO4. The summed E-state index contributed by atoms with van der Waals surface area (Å²) in [5.41, 5.74) is 1.61. The first-order chi connectivity index (χ1) is 10.1. The van der Waals surface area contributed by atoms with Crippen LogP contribution in [0, 0.1) is 0 Å². The van der Waals surface area contributed by atoms with Crippen LogP contribution in [-0.2, 0) is 20.9 Å². The van der Waals surface area contributed by atoms with Gasteiger partial charge in [-0.2, -0.15) is 0 Å². The predicted molar refractivity (Wildman–Crippen MR) is 77.1 cm³/mol. The summed E-state index contributed by atoms with van der Waals surface area (Å²) in [6.07, 6.45) is 4.93. The fraction of sp³-hybridized carbons (Fsp3) is 0.312. The highest BCUT2D eigenvalue weighted by molar-refractivity contribution is 5.95. The van der Waals surface area contributed by atoms with E-state index >= 15 is 0 Å². The van der Waals surface area contributed by atoms with E-state index in [1.165, 1.54) is 11.0 Å². The molecule has 1 aliphatic rings. The van der Waals surface area contributed by atoms with Gasteiger partial charge in [-0.3, -0.25) is 14.5 Å². The molecule has 1 heterocycles. The van der Waals surface area contributed by atoms with E-state index in [0.717, 1.165) is 30.0 Å². The average molecular weight is 287 g/mol. The van der Waals surface area contributed by atoms with Gasteiger partial charge >= 0.3 is 5.97 Å². The number of nitrogens with zero attached hydrogens (tertiary/aromatic N) is 1. The summed E-state index contributed by atoms with van der Waals surface area (Å²) in [5.74, 6) is -1.24. The molecule has 1 aliphatic heterocycles. The maximum atomic E-state index is 11.9. The molecule has 1 saturated heterocycles. The number of imide groups is 1. The minimum Gasteiger partial charge on any atom is -0.478 e. The molecule has 2 rings (SSSR count). The summed E-state index contributed by atoms with van der Waals surface area (Å²) >= 11 is 0. The molecule has 0 spiro atoms. The number of aliphatic carboxylic acids is 1.